The molecule has 0 radical (unpaired) electrons. The molecule has 0 N–H and O–H groups in total. The number of benzene rings is 1. The van der Waals surface area contributed by atoms with Crippen molar-refractivity contribution in [3.63, 3.8) is 0 Å². The van der Waals surface area contributed by atoms with E-state index in [2.05, 4.69) is 0 Å². The largest absolute Gasteiger partial charge is 0.416 e. The van der Waals surface area contributed by atoms with Gasteiger partial charge in [-0.1, -0.05) is 0 Å². The van der Waals surface area contributed by atoms with Crippen LogP contribution < -0.4 is 0 Å². The highest BCUT2D eigenvalue weighted by Gasteiger charge is 2.32. The molecule has 1 saturated heterocycles. The Morgan fingerprint density at radius 2 is 1.62 bits per heavy atom. The summed E-state index contributed by atoms with van der Waals surface area (Å²) >= 11 is 0. The number of carbonyl (C=O) groups is 1. The molecular weight excluding hydrogens is 371 g/mol. The minimum Gasteiger partial charge on any atom is -0.349 e. The number of halogens is 3. The maximum atomic E-state index is 12.6. The number of amides is 1. The van der Waals surface area contributed by atoms with E-state index in [1.807, 2.05) is 4.90 Å². The van der Waals surface area contributed by atoms with E-state index in [1.165, 1.54) is 9.21 Å². The molecule has 0 unspecified atom stereocenters. The van der Waals surface area contributed by atoms with Crippen LogP contribution in [0.5, 0.6) is 0 Å². The number of sulfonamides is 1. The Morgan fingerprint density at radius 3 is 2.08 bits per heavy atom. The van der Waals surface area contributed by atoms with Crippen molar-refractivity contribution in [1.29, 1.82) is 0 Å². The second-order valence-electron chi connectivity index (χ2n) is 6.31. The first-order valence-electron chi connectivity index (χ1n) is 8.12. The van der Waals surface area contributed by atoms with Crippen molar-refractivity contribution in [2.24, 2.45) is 0 Å². The van der Waals surface area contributed by atoms with Crippen molar-refractivity contribution in [2.45, 2.75) is 17.5 Å². The number of nitrogens with zero attached hydrogens (tertiary/aromatic N) is 3. The van der Waals surface area contributed by atoms with Gasteiger partial charge in [0.25, 0.3) is 0 Å². The van der Waals surface area contributed by atoms with Crippen LogP contribution in [0.25, 0.3) is 0 Å². The van der Waals surface area contributed by atoms with Gasteiger partial charge in [0.15, 0.2) is 0 Å². The molecular formula is C16H22F3N3O3S. The van der Waals surface area contributed by atoms with Crippen LogP contribution in [0.2, 0.25) is 0 Å². The van der Waals surface area contributed by atoms with Gasteiger partial charge in [0.2, 0.25) is 15.9 Å². The van der Waals surface area contributed by atoms with Crippen LogP contribution in [0.3, 0.4) is 0 Å². The fraction of sp³-hybridized carbons (Fsp3) is 0.562. The smallest absolute Gasteiger partial charge is 0.349 e. The lowest BCUT2D eigenvalue weighted by molar-refractivity contribution is -0.137. The predicted octanol–water partition coefficient (Wildman–Crippen LogP) is 1.49. The van der Waals surface area contributed by atoms with Crippen molar-refractivity contribution in [1.82, 2.24) is 14.1 Å². The van der Waals surface area contributed by atoms with Crippen molar-refractivity contribution in [3.05, 3.63) is 29.8 Å². The molecule has 1 aromatic carbocycles. The summed E-state index contributed by atoms with van der Waals surface area (Å²) in [5.74, 6) is 0.00445. The lowest BCUT2D eigenvalue weighted by Crippen LogP contribution is -2.49. The monoisotopic (exact) mass is 393 g/mol. The quantitative estimate of drug-likeness (QED) is 0.761. The zero-order valence-corrected chi connectivity index (χ0v) is 15.5. The first-order valence-corrected chi connectivity index (χ1v) is 9.56. The van der Waals surface area contributed by atoms with Crippen molar-refractivity contribution < 1.29 is 26.4 Å². The molecule has 6 nitrogen and oxygen atoms in total. The Hall–Kier alpha value is -1.65. The van der Waals surface area contributed by atoms with E-state index in [4.69, 9.17) is 0 Å². The maximum Gasteiger partial charge on any atom is 0.416 e. The van der Waals surface area contributed by atoms with Crippen LogP contribution in [0.4, 0.5) is 13.2 Å². The Labute approximate surface area is 151 Å². The molecule has 0 bridgehead atoms. The number of rotatable bonds is 5. The molecule has 1 heterocycles. The van der Waals surface area contributed by atoms with E-state index >= 15 is 0 Å². The lowest BCUT2D eigenvalue weighted by atomic mass is 10.2. The normalized spacial score (nSPS) is 17.3. The zero-order chi connectivity index (χ0) is 19.5. The van der Waals surface area contributed by atoms with Gasteiger partial charge in [-0.15, -0.1) is 0 Å². The second-order valence-corrected chi connectivity index (χ2v) is 8.24. The van der Waals surface area contributed by atoms with Crippen LogP contribution in [0.1, 0.15) is 12.0 Å². The molecule has 1 aromatic rings. The number of hydrogen-bond donors (Lipinski definition) is 0. The van der Waals surface area contributed by atoms with Gasteiger partial charge < -0.3 is 9.80 Å². The fourth-order valence-corrected chi connectivity index (χ4v) is 4.06. The molecule has 10 heteroatoms. The predicted molar refractivity (Wildman–Crippen MR) is 90.0 cm³/mol. The van der Waals surface area contributed by atoms with E-state index in [-0.39, 0.29) is 23.9 Å². The third kappa shape index (κ3) is 4.95. The summed E-state index contributed by atoms with van der Waals surface area (Å²) < 4.78 is 64.2. The summed E-state index contributed by atoms with van der Waals surface area (Å²) in [5.41, 5.74) is -0.883. The van der Waals surface area contributed by atoms with Gasteiger partial charge in [0.1, 0.15) is 0 Å². The third-order valence-electron chi connectivity index (χ3n) is 4.29. The number of carbonyl (C=O) groups excluding carboxylic acids is 1. The molecule has 0 saturated carbocycles. The minimum absolute atomic E-state index is 0.00445. The Bertz CT molecular complexity index is 725. The van der Waals surface area contributed by atoms with Gasteiger partial charge in [-0.05, 0) is 24.3 Å². The molecule has 0 aliphatic carbocycles. The Balaban J connectivity index is 1.96. The van der Waals surface area contributed by atoms with Gasteiger partial charge >= 0.3 is 6.18 Å². The van der Waals surface area contributed by atoms with Gasteiger partial charge in [0.05, 0.1) is 10.5 Å². The van der Waals surface area contributed by atoms with Gasteiger partial charge in [-0.25, -0.2) is 8.42 Å². The SMILES string of the molecule is CN(C)C(=O)CCN1CCN(S(=O)(=O)c2ccc(C(F)(F)F)cc2)CC1. The van der Waals surface area contributed by atoms with Crippen LogP contribution >= 0.6 is 0 Å². The van der Waals surface area contributed by atoms with Crippen LogP contribution in [-0.2, 0) is 21.0 Å². The van der Waals surface area contributed by atoms with E-state index < -0.39 is 21.8 Å². The first-order chi connectivity index (χ1) is 12.0. The molecule has 0 spiro atoms. The standard InChI is InChI=1S/C16H22F3N3O3S/c1-20(2)15(23)7-8-21-9-11-22(12-10-21)26(24,25)14-5-3-13(4-6-14)16(17,18)19/h3-6H,7-12H2,1-2H3. The average molecular weight is 393 g/mol. The summed E-state index contributed by atoms with van der Waals surface area (Å²) in [6, 6.07) is 3.52. The highest BCUT2D eigenvalue weighted by atomic mass is 32.2. The summed E-state index contributed by atoms with van der Waals surface area (Å²) in [7, 11) is -0.473. The topological polar surface area (TPSA) is 60.9 Å². The highest BCUT2D eigenvalue weighted by Crippen LogP contribution is 2.30. The van der Waals surface area contributed by atoms with Gasteiger partial charge in [-0.2, -0.15) is 17.5 Å². The third-order valence-corrected chi connectivity index (χ3v) is 6.20. The summed E-state index contributed by atoms with van der Waals surface area (Å²) in [6.45, 7) is 1.96. The summed E-state index contributed by atoms with van der Waals surface area (Å²) in [5, 5.41) is 0. The fourth-order valence-electron chi connectivity index (χ4n) is 2.64. The molecule has 1 fully saturated rings. The Morgan fingerprint density at radius 1 is 1.08 bits per heavy atom. The summed E-state index contributed by atoms with van der Waals surface area (Å²) in [4.78, 5) is 15.0. The van der Waals surface area contributed by atoms with Crippen LogP contribution in [-0.4, -0.2) is 75.2 Å². The molecule has 26 heavy (non-hydrogen) atoms. The average Bonchev–Trinajstić information content (AvgIpc) is 2.59. The molecule has 0 aromatic heterocycles. The second kappa shape index (κ2) is 7.93. The minimum atomic E-state index is -4.50. The number of alkyl halides is 3. The number of hydrogen-bond acceptors (Lipinski definition) is 4. The van der Waals surface area contributed by atoms with E-state index in [1.54, 1.807) is 14.1 Å². The first kappa shape index (κ1) is 20.7. The van der Waals surface area contributed by atoms with Crippen LogP contribution in [0.15, 0.2) is 29.2 Å². The lowest BCUT2D eigenvalue weighted by Gasteiger charge is -2.34. The number of piperazine rings is 1. The van der Waals surface area contributed by atoms with E-state index in [0.29, 0.717) is 26.1 Å². The van der Waals surface area contributed by atoms with E-state index in [0.717, 1.165) is 24.3 Å². The molecule has 1 aliphatic heterocycles. The van der Waals surface area contributed by atoms with Gasteiger partial charge in [-0.3, -0.25) is 4.79 Å². The molecule has 146 valence electrons. The van der Waals surface area contributed by atoms with Crippen molar-refractivity contribution >= 4 is 15.9 Å². The Kier molecular flexibility index (Phi) is 6.30. The maximum absolute atomic E-state index is 12.6. The molecule has 0 atom stereocenters. The summed E-state index contributed by atoms with van der Waals surface area (Å²) in [6.07, 6.45) is -4.14. The van der Waals surface area contributed by atoms with Crippen molar-refractivity contribution in [3.8, 4) is 0 Å². The zero-order valence-electron chi connectivity index (χ0n) is 14.7. The molecule has 1 aliphatic rings. The molecule has 1 amide bonds. The van der Waals surface area contributed by atoms with Crippen molar-refractivity contribution in [2.75, 3.05) is 46.8 Å². The van der Waals surface area contributed by atoms with E-state index in [9.17, 15) is 26.4 Å². The van der Waals surface area contributed by atoms with Gasteiger partial charge in [0, 0.05) is 53.2 Å². The molecule has 2 rings (SSSR count). The van der Waals surface area contributed by atoms with Crippen LogP contribution in [0, 0.1) is 0 Å². The highest BCUT2D eigenvalue weighted by molar-refractivity contribution is 7.89.